The number of aromatic nitrogens is 2. The van der Waals surface area contributed by atoms with Gasteiger partial charge in [-0.15, -0.1) is 0 Å². The molecule has 1 amide bonds. The number of aromatic amines is 1. The number of H-pyrrole nitrogens is 1. The molecule has 2 aliphatic carbocycles. The monoisotopic (exact) mass is 379 g/mol. The minimum Gasteiger partial charge on any atom is -0.345 e. The van der Waals surface area contributed by atoms with E-state index in [-0.39, 0.29) is 29.2 Å². The molecule has 4 nitrogen and oxygen atoms in total. The van der Waals surface area contributed by atoms with Gasteiger partial charge in [-0.25, -0.2) is 13.8 Å². The topological polar surface area (TPSA) is 49.0 Å². The van der Waals surface area contributed by atoms with Crippen molar-refractivity contribution in [2.75, 3.05) is 4.90 Å². The molecule has 1 aromatic heterocycles. The normalized spacial score (nSPS) is 24.6. The summed E-state index contributed by atoms with van der Waals surface area (Å²) in [4.78, 5) is 21.8. The molecule has 2 unspecified atom stereocenters. The molecule has 0 bridgehead atoms. The molecule has 2 aromatic carbocycles. The van der Waals surface area contributed by atoms with Gasteiger partial charge in [-0.2, -0.15) is 0 Å². The van der Waals surface area contributed by atoms with Crippen LogP contribution in [0.25, 0.3) is 11.0 Å². The molecule has 3 aromatic rings. The maximum atomic E-state index is 15.1. The lowest BCUT2D eigenvalue weighted by molar-refractivity contribution is -0.131. The smallest absolute Gasteiger partial charge is 0.233 e. The van der Waals surface area contributed by atoms with Crippen molar-refractivity contribution in [3.05, 3.63) is 59.4 Å². The van der Waals surface area contributed by atoms with Gasteiger partial charge >= 0.3 is 0 Å². The van der Waals surface area contributed by atoms with E-state index in [2.05, 4.69) is 9.97 Å². The van der Waals surface area contributed by atoms with Gasteiger partial charge in [0.05, 0.1) is 29.3 Å². The summed E-state index contributed by atoms with van der Waals surface area (Å²) in [5, 5.41) is 0. The number of carbonyl (C=O) groups is 1. The van der Waals surface area contributed by atoms with Gasteiger partial charge in [0, 0.05) is 11.3 Å². The zero-order valence-electron chi connectivity index (χ0n) is 15.2. The van der Waals surface area contributed by atoms with Crippen LogP contribution in [-0.2, 0) is 4.79 Å². The van der Waals surface area contributed by atoms with E-state index in [1.807, 2.05) is 12.1 Å². The van der Waals surface area contributed by atoms with Crippen LogP contribution in [-0.4, -0.2) is 15.9 Å². The molecule has 2 saturated carbocycles. The number of β-lactam (4-membered cyclic amide) rings is 1. The molecule has 0 radical (unpaired) electrons. The number of amides is 1. The SMILES string of the molecule is O=C1C(C2CC2)C(c2c(F)cc(C3CC3)cc2F)N1c1ccc2[nH]cnc2c1. The number of hydrogen-bond acceptors (Lipinski definition) is 2. The Morgan fingerprint density at radius 3 is 2.46 bits per heavy atom. The highest BCUT2D eigenvalue weighted by Gasteiger charge is 2.56. The summed E-state index contributed by atoms with van der Waals surface area (Å²) in [6.45, 7) is 0. The Kier molecular flexibility index (Phi) is 3.26. The molecule has 28 heavy (non-hydrogen) atoms. The van der Waals surface area contributed by atoms with Crippen LogP contribution < -0.4 is 4.90 Å². The summed E-state index contributed by atoms with van der Waals surface area (Å²) in [6, 6.07) is 7.80. The van der Waals surface area contributed by atoms with Crippen molar-refractivity contribution in [1.29, 1.82) is 0 Å². The molecule has 6 rings (SSSR count). The van der Waals surface area contributed by atoms with Gasteiger partial charge in [0.25, 0.3) is 0 Å². The number of nitrogens with zero attached hydrogens (tertiary/aromatic N) is 2. The third-order valence-electron chi connectivity index (χ3n) is 6.40. The first-order valence-corrected chi connectivity index (χ1v) is 9.87. The van der Waals surface area contributed by atoms with Gasteiger partial charge in [0.1, 0.15) is 11.6 Å². The molecule has 2 atom stereocenters. The van der Waals surface area contributed by atoms with E-state index < -0.39 is 17.7 Å². The Morgan fingerprint density at radius 2 is 1.79 bits per heavy atom. The summed E-state index contributed by atoms with van der Waals surface area (Å²) >= 11 is 0. The standard InChI is InChI=1S/C22H19F2N3O/c23-15-7-13(11-1-2-11)8-16(24)20(15)21-19(12-3-4-12)22(28)27(21)14-5-6-17-18(9-14)26-10-25-17/h5-12,19,21H,1-4H2,(H,25,26). The number of carbonyl (C=O) groups excluding carboxylic acids is 1. The fraction of sp³-hybridized carbons (Fsp3) is 0.364. The third-order valence-corrected chi connectivity index (χ3v) is 6.40. The van der Waals surface area contributed by atoms with E-state index in [1.54, 1.807) is 17.3 Å². The highest BCUT2D eigenvalue weighted by Crippen LogP contribution is 2.55. The zero-order valence-corrected chi connectivity index (χ0v) is 15.2. The lowest BCUT2D eigenvalue weighted by Gasteiger charge is -2.48. The zero-order chi connectivity index (χ0) is 19.0. The maximum absolute atomic E-state index is 15.1. The molecular formula is C22H19F2N3O. The van der Waals surface area contributed by atoms with Gasteiger partial charge in [-0.1, -0.05) is 0 Å². The van der Waals surface area contributed by atoms with Crippen molar-refractivity contribution in [3.63, 3.8) is 0 Å². The number of anilines is 1. The van der Waals surface area contributed by atoms with Crippen LogP contribution in [0.1, 0.15) is 48.8 Å². The van der Waals surface area contributed by atoms with Crippen LogP contribution in [0.5, 0.6) is 0 Å². The van der Waals surface area contributed by atoms with E-state index in [4.69, 9.17) is 0 Å². The Morgan fingerprint density at radius 1 is 1.04 bits per heavy atom. The number of hydrogen-bond donors (Lipinski definition) is 1. The van der Waals surface area contributed by atoms with Gasteiger partial charge in [-0.3, -0.25) is 4.79 Å². The van der Waals surface area contributed by atoms with Gasteiger partial charge < -0.3 is 9.88 Å². The molecule has 0 spiro atoms. The third kappa shape index (κ3) is 2.33. The number of halogens is 2. The minimum absolute atomic E-state index is 0.0306. The molecule has 142 valence electrons. The van der Waals surface area contributed by atoms with E-state index in [9.17, 15) is 4.79 Å². The highest BCUT2D eigenvalue weighted by atomic mass is 19.1. The molecule has 1 N–H and O–H groups in total. The number of fused-ring (bicyclic) bond motifs is 1. The highest BCUT2D eigenvalue weighted by molar-refractivity contribution is 6.04. The van der Waals surface area contributed by atoms with E-state index in [1.165, 1.54) is 12.1 Å². The summed E-state index contributed by atoms with van der Waals surface area (Å²) in [5.74, 6) is -0.951. The first-order valence-electron chi connectivity index (χ1n) is 9.87. The fourth-order valence-electron chi connectivity index (χ4n) is 4.63. The summed E-state index contributed by atoms with van der Waals surface area (Å²) in [7, 11) is 0. The lowest BCUT2D eigenvalue weighted by Crippen LogP contribution is -2.56. The van der Waals surface area contributed by atoms with Crippen LogP contribution in [0.2, 0.25) is 0 Å². The van der Waals surface area contributed by atoms with E-state index in [0.717, 1.165) is 42.3 Å². The average molecular weight is 379 g/mol. The van der Waals surface area contributed by atoms with Crippen LogP contribution in [0.4, 0.5) is 14.5 Å². The first kappa shape index (κ1) is 16.2. The van der Waals surface area contributed by atoms with Crippen molar-refractivity contribution < 1.29 is 13.6 Å². The van der Waals surface area contributed by atoms with Crippen molar-refractivity contribution >= 4 is 22.6 Å². The average Bonchev–Trinajstić information content (AvgIpc) is 3.59. The van der Waals surface area contributed by atoms with Crippen molar-refractivity contribution in [2.24, 2.45) is 11.8 Å². The molecule has 3 aliphatic rings. The quantitative estimate of drug-likeness (QED) is 0.660. The second-order valence-corrected chi connectivity index (χ2v) is 8.29. The Labute approximate surface area is 160 Å². The predicted octanol–water partition coefficient (Wildman–Crippen LogP) is 4.83. The molecule has 6 heteroatoms. The molecular weight excluding hydrogens is 360 g/mol. The maximum Gasteiger partial charge on any atom is 0.233 e. The molecule has 2 heterocycles. The van der Waals surface area contributed by atoms with Crippen molar-refractivity contribution in [1.82, 2.24) is 9.97 Å². The molecule has 3 fully saturated rings. The van der Waals surface area contributed by atoms with Gasteiger partial charge in [0.15, 0.2) is 0 Å². The first-order chi connectivity index (χ1) is 13.6. The Hall–Kier alpha value is -2.76. The number of benzene rings is 2. The van der Waals surface area contributed by atoms with E-state index in [0.29, 0.717) is 5.69 Å². The van der Waals surface area contributed by atoms with Crippen molar-refractivity contribution in [2.45, 2.75) is 37.6 Å². The van der Waals surface area contributed by atoms with Crippen LogP contribution >= 0.6 is 0 Å². The predicted molar refractivity (Wildman–Crippen MR) is 101 cm³/mol. The number of imidazole rings is 1. The Bertz CT molecular complexity index is 1090. The summed E-state index contributed by atoms with van der Waals surface area (Å²) in [5.41, 5.74) is 2.98. The molecule has 1 saturated heterocycles. The second-order valence-electron chi connectivity index (χ2n) is 8.29. The largest absolute Gasteiger partial charge is 0.345 e. The fourth-order valence-corrected chi connectivity index (χ4v) is 4.63. The molecule has 1 aliphatic heterocycles. The van der Waals surface area contributed by atoms with Crippen LogP contribution in [0.15, 0.2) is 36.7 Å². The van der Waals surface area contributed by atoms with Gasteiger partial charge in [0.2, 0.25) is 5.91 Å². The second kappa shape index (κ2) is 5.63. The van der Waals surface area contributed by atoms with Crippen molar-refractivity contribution in [3.8, 4) is 0 Å². The van der Waals surface area contributed by atoms with Gasteiger partial charge in [-0.05, 0) is 73.4 Å². The van der Waals surface area contributed by atoms with Crippen LogP contribution in [0, 0.1) is 23.5 Å². The number of rotatable bonds is 4. The number of nitrogens with one attached hydrogen (secondary N) is 1. The Balaban J connectivity index is 1.45. The summed E-state index contributed by atoms with van der Waals surface area (Å²) < 4.78 is 30.1. The van der Waals surface area contributed by atoms with E-state index >= 15 is 8.78 Å². The van der Waals surface area contributed by atoms with Crippen LogP contribution in [0.3, 0.4) is 0 Å². The summed E-state index contributed by atoms with van der Waals surface area (Å²) in [6.07, 6.45) is 5.46. The minimum atomic E-state index is -0.593. The lowest BCUT2D eigenvalue weighted by atomic mass is 9.78.